The van der Waals surface area contributed by atoms with Gasteiger partial charge in [-0.1, -0.05) is 48.5 Å². The van der Waals surface area contributed by atoms with Crippen molar-refractivity contribution in [1.82, 2.24) is 15.2 Å². The van der Waals surface area contributed by atoms with E-state index in [-0.39, 0.29) is 10.8 Å². The van der Waals surface area contributed by atoms with Crippen molar-refractivity contribution < 1.29 is 0 Å². The zero-order valence-corrected chi connectivity index (χ0v) is 13.7. The maximum absolute atomic E-state index is 6.14. The molecular weight excluding hydrogens is 248 g/mol. The Morgan fingerprint density at radius 3 is 2.00 bits per heavy atom. The first-order valence-electron chi connectivity index (χ1n) is 7.25. The van der Waals surface area contributed by atoms with Crippen molar-refractivity contribution in [2.24, 2.45) is 0 Å². The van der Waals surface area contributed by atoms with E-state index in [1.54, 1.807) is 0 Å². The topological polar surface area (TPSA) is 67.6 Å². The number of hydrogen-bond donors (Lipinski definition) is 2. The number of anilines is 1. The Morgan fingerprint density at radius 1 is 0.950 bits per heavy atom. The molecule has 0 aliphatic heterocycles. The number of rotatable bonds is 1. The summed E-state index contributed by atoms with van der Waals surface area (Å²) in [6.07, 6.45) is 0.931. The van der Waals surface area contributed by atoms with Gasteiger partial charge in [-0.15, -0.1) is 5.10 Å². The molecule has 2 aromatic rings. The molecule has 110 valence electrons. The summed E-state index contributed by atoms with van der Waals surface area (Å²) in [5.41, 5.74) is 9.46. The maximum atomic E-state index is 6.14. The minimum absolute atomic E-state index is 0.00201. The molecule has 2 aromatic heterocycles. The monoisotopic (exact) mass is 274 g/mol. The molecule has 0 aliphatic rings. The highest BCUT2D eigenvalue weighted by atomic mass is 15.1. The molecule has 0 amide bonds. The molecular formula is C16H26N4. The highest BCUT2D eigenvalue weighted by Gasteiger charge is 2.28. The lowest BCUT2D eigenvalue weighted by Crippen LogP contribution is -2.17. The number of aromatic nitrogens is 3. The van der Waals surface area contributed by atoms with Crippen molar-refractivity contribution in [1.29, 1.82) is 0 Å². The summed E-state index contributed by atoms with van der Waals surface area (Å²) < 4.78 is 0. The minimum Gasteiger partial charge on any atom is -0.382 e. The smallest absolute Gasteiger partial charge is 0.155 e. The molecule has 0 saturated carbocycles. The second-order valence-electron chi connectivity index (χ2n) is 7.52. The van der Waals surface area contributed by atoms with Gasteiger partial charge in [0.1, 0.15) is 0 Å². The highest BCUT2D eigenvalue weighted by molar-refractivity contribution is 5.98. The van der Waals surface area contributed by atoms with Gasteiger partial charge in [-0.25, -0.2) is 0 Å². The van der Waals surface area contributed by atoms with E-state index in [2.05, 4.69) is 63.6 Å². The molecule has 2 rings (SSSR count). The van der Waals surface area contributed by atoms with Crippen LogP contribution in [-0.2, 0) is 17.3 Å². The van der Waals surface area contributed by atoms with E-state index in [0.29, 0.717) is 5.82 Å². The van der Waals surface area contributed by atoms with Crippen LogP contribution >= 0.6 is 0 Å². The van der Waals surface area contributed by atoms with Crippen LogP contribution in [0.1, 0.15) is 65.5 Å². The molecule has 2 heterocycles. The van der Waals surface area contributed by atoms with E-state index in [4.69, 9.17) is 5.73 Å². The molecule has 4 nitrogen and oxygen atoms in total. The van der Waals surface area contributed by atoms with Crippen LogP contribution in [0.3, 0.4) is 0 Å². The molecule has 4 heteroatoms. The molecule has 0 aliphatic carbocycles. The summed E-state index contributed by atoms with van der Waals surface area (Å²) in [6, 6.07) is 0. The van der Waals surface area contributed by atoms with Gasteiger partial charge in [0.2, 0.25) is 0 Å². The van der Waals surface area contributed by atoms with Crippen LogP contribution in [0.4, 0.5) is 5.82 Å². The Balaban J connectivity index is 2.96. The van der Waals surface area contributed by atoms with Crippen molar-refractivity contribution in [2.45, 2.75) is 65.7 Å². The normalized spacial score (nSPS) is 13.2. The van der Waals surface area contributed by atoms with Gasteiger partial charge in [0.25, 0.3) is 0 Å². The number of nitrogens with zero attached hydrogens (tertiary/aromatic N) is 2. The first kappa shape index (κ1) is 14.8. The van der Waals surface area contributed by atoms with Crippen molar-refractivity contribution in [3.63, 3.8) is 0 Å². The van der Waals surface area contributed by atoms with Crippen LogP contribution < -0.4 is 5.73 Å². The van der Waals surface area contributed by atoms with Crippen LogP contribution in [0, 0.1) is 0 Å². The predicted molar refractivity (Wildman–Crippen MR) is 85.1 cm³/mol. The molecule has 0 radical (unpaired) electrons. The lowest BCUT2D eigenvalue weighted by Gasteiger charge is -2.20. The number of nitrogens with one attached hydrogen (secondary N) is 1. The third-order valence-electron chi connectivity index (χ3n) is 3.64. The summed E-state index contributed by atoms with van der Waals surface area (Å²) in [7, 11) is 0. The minimum atomic E-state index is -0.0553. The number of H-pyrrole nitrogens is 1. The Labute approximate surface area is 121 Å². The molecule has 20 heavy (non-hydrogen) atoms. The second kappa shape index (κ2) is 4.47. The summed E-state index contributed by atoms with van der Waals surface area (Å²) in [6.45, 7) is 15.2. The molecule has 0 unspecified atom stereocenters. The first-order chi connectivity index (χ1) is 9.07. The standard InChI is InChI=1S/C16H26N4/c1-8-9-10-11(12(18-9)15(2,3)4)14(17)20-19-13(10)16(5,6)7/h18H,8H2,1-7H3,(H2,17,20). The van der Waals surface area contributed by atoms with Gasteiger partial charge in [0.05, 0.1) is 5.69 Å². The third kappa shape index (κ3) is 2.28. The van der Waals surface area contributed by atoms with Gasteiger partial charge < -0.3 is 10.7 Å². The summed E-state index contributed by atoms with van der Waals surface area (Å²) >= 11 is 0. The average molecular weight is 274 g/mol. The number of nitrogens with two attached hydrogens (primary N) is 1. The fourth-order valence-corrected chi connectivity index (χ4v) is 2.63. The number of hydrogen-bond acceptors (Lipinski definition) is 3. The van der Waals surface area contributed by atoms with Crippen LogP contribution in [0.15, 0.2) is 0 Å². The number of aromatic amines is 1. The first-order valence-corrected chi connectivity index (χ1v) is 7.25. The molecule has 0 aromatic carbocycles. The number of aryl methyl sites for hydroxylation is 1. The van der Waals surface area contributed by atoms with Gasteiger partial charge in [-0.2, -0.15) is 5.10 Å². The fraction of sp³-hybridized carbons (Fsp3) is 0.625. The van der Waals surface area contributed by atoms with E-state index in [9.17, 15) is 0 Å². The van der Waals surface area contributed by atoms with E-state index in [1.165, 1.54) is 5.69 Å². The van der Waals surface area contributed by atoms with Crippen molar-refractivity contribution in [3.8, 4) is 0 Å². The second-order valence-corrected chi connectivity index (χ2v) is 7.52. The van der Waals surface area contributed by atoms with Crippen LogP contribution in [0.25, 0.3) is 10.8 Å². The molecule has 0 atom stereocenters. The highest BCUT2D eigenvalue weighted by Crippen LogP contribution is 2.38. The molecule has 0 bridgehead atoms. The summed E-state index contributed by atoms with van der Waals surface area (Å²) in [5, 5.41) is 10.8. The van der Waals surface area contributed by atoms with Crippen molar-refractivity contribution >= 4 is 16.6 Å². The van der Waals surface area contributed by atoms with E-state index < -0.39 is 0 Å². The Bertz CT molecular complexity index is 639. The average Bonchev–Trinajstić information content (AvgIpc) is 2.67. The van der Waals surface area contributed by atoms with Crippen molar-refractivity contribution in [3.05, 3.63) is 17.1 Å². The van der Waals surface area contributed by atoms with Crippen LogP contribution in [0.5, 0.6) is 0 Å². The van der Waals surface area contributed by atoms with E-state index in [1.807, 2.05) is 0 Å². The number of nitrogen functional groups attached to an aromatic ring is 1. The Morgan fingerprint density at radius 2 is 1.55 bits per heavy atom. The quantitative estimate of drug-likeness (QED) is 0.833. The predicted octanol–water partition coefficient (Wildman–Crippen LogP) is 3.70. The van der Waals surface area contributed by atoms with Gasteiger partial charge >= 0.3 is 0 Å². The Kier molecular flexibility index (Phi) is 3.31. The van der Waals surface area contributed by atoms with Crippen molar-refractivity contribution in [2.75, 3.05) is 5.73 Å². The zero-order valence-electron chi connectivity index (χ0n) is 13.7. The Hall–Kier alpha value is -1.58. The van der Waals surface area contributed by atoms with Crippen LogP contribution in [-0.4, -0.2) is 15.2 Å². The summed E-state index contributed by atoms with van der Waals surface area (Å²) in [5.74, 6) is 0.522. The molecule has 0 saturated heterocycles. The van der Waals surface area contributed by atoms with Gasteiger partial charge in [0, 0.05) is 33.0 Å². The fourth-order valence-electron chi connectivity index (χ4n) is 2.63. The van der Waals surface area contributed by atoms with Crippen LogP contribution in [0.2, 0.25) is 0 Å². The SMILES string of the molecule is CCc1[nH]c(C(C)(C)C)c2c(N)nnc(C(C)(C)C)c12. The summed E-state index contributed by atoms with van der Waals surface area (Å²) in [4.78, 5) is 3.57. The van der Waals surface area contributed by atoms with Gasteiger partial charge in [-0.05, 0) is 6.42 Å². The largest absolute Gasteiger partial charge is 0.382 e. The molecule has 0 spiro atoms. The lowest BCUT2D eigenvalue weighted by atomic mass is 9.86. The number of fused-ring (bicyclic) bond motifs is 1. The van der Waals surface area contributed by atoms with E-state index >= 15 is 0 Å². The third-order valence-corrected chi connectivity index (χ3v) is 3.64. The molecule has 3 N–H and O–H groups in total. The zero-order chi connectivity index (χ0) is 15.3. The maximum Gasteiger partial charge on any atom is 0.155 e. The van der Waals surface area contributed by atoms with E-state index in [0.717, 1.165) is 28.6 Å². The van der Waals surface area contributed by atoms with Gasteiger partial charge in [0.15, 0.2) is 5.82 Å². The molecule has 0 fully saturated rings. The lowest BCUT2D eigenvalue weighted by molar-refractivity contribution is 0.565. The van der Waals surface area contributed by atoms with Gasteiger partial charge in [-0.3, -0.25) is 0 Å².